The van der Waals surface area contributed by atoms with Crippen molar-refractivity contribution in [1.29, 1.82) is 0 Å². The van der Waals surface area contributed by atoms with Crippen molar-refractivity contribution in [3.05, 3.63) is 182 Å². The summed E-state index contributed by atoms with van der Waals surface area (Å²) in [5, 5.41) is 20.1. The molecule has 4 N–H and O–H groups in total. The minimum Gasteiger partial charge on any atom is -0.421 e. The molecule has 7 heteroatoms. The first-order valence-corrected chi connectivity index (χ1v) is 18.2. The smallest absolute Gasteiger partial charge is 0.285 e. The van der Waals surface area contributed by atoms with Gasteiger partial charge >= 0.3 is 0 Å². The van der Waals surface area contributed by atoms with Gasteiger partial charge in [-0.3, -0.25) is 0 Å². The third-order valence-corrected chi connectivity index (χ3v) is 14.2. The van der Waals surface area contributed by atoms with E-state index in [4.69, 9.17) is 10.2 Å². The van der Waals surface area contributed by atoms with Crippen molar-refractivity contribution < 1.29 is 41.5 Å². The molecule has 0 saturated heterocycles. The number of hydrogen-bond acceptors (Lipinski definition) is 4. The Morgan fingerprint density at radius 2 is 0.378 bits per heavy atom. The van der Waals surface area contributed by atoms with E-state index in [1.54, 1.807) is 0 Å². The van der Waals surface area contributed by atoms with Crippen LogP contribution >= 0.6 is 0 Å². The first-order chi connectivity index (χ1) is 21.6. The summed E-state index contributed by atoms with van der Waals surface area (Å²) >= 11 is 0. The van der Waals surface area contributed by atoms with Crippen molar-refractivity contribution in [2.24, 2.45) is 0 Å². The Kier molecular flexibility index (Phi) is 16.4. The standard InChI is InChI=1S/2C18H16OSi.2CH4O.Ti/c2*19-20(16-10-4-1-5-11-16,17-12-6-2-7-13-17)18-14-8-3-9-15-18;2*1-2;/h2*1-15,19H;2*2H,1H3;. The SMILES string of the molecule is CO.CO.O[Si](c1ccccc1)(c1ccccc1)c1ccccc1.O[Si](c1ccccc1)(c1ccccc1)c1ccccc1.[Ti]. The van der Waals surface area contributed by atoms with Crippen molar-refractivity contribution in [2.45, 2.75) is 0 Å². The van der Waals surface area contributed by atoms with Gasteiger partial charge in [-0.2, -0.15) is 0 Å². The van der Waals surface area contributed by atoms with Crippen LogP contribution in [0.4, 0.5) is 0 Å². The molecule has 0 atom stereocenters. The molecule has 0 bridgehead atoms. The number of benzene rings is 6. The van der Waals surface area contributed by atoms with E-state index < -0.39 is 16.6 Å². The van der Waals surface area contributed by atoms with E-state index in [1.165, 1.54) is 0 Å². The normalized spacial score (nSPS) is 10.3. The summed E-state index contributed by atoms with van der Waals surface area (Å²) in [6.07, 6.45) is 0. The molecule has 0 spiro atoms. The zero-order valence-corrected chi connectivity index (χ0v) is 29.2. The molecule has 6 aromatic rings. The topological polar surface area (TPSA) is 80.9 Å². The van der Waals surface area contributed by atoms with E-state index in [-0.39, 0.29) is 21.7 Å². The average molecular weight is 665 g/mol. The molecule has 4 nitrogen and oxygen atoms in total. The number of aliphatic hydroxyl groups excluding tert-OH is 2. The molecule has 6 rings (SSSR count). The summed E-state index contributed by atoms with van der Waals surface area (Å²) < 4.78 is 0. The van der Waals surface area contributed by atoms with Crippen LogP contribution in [0.1, 0.15) is 0 Å². The zero-order chi connectivity index (χ0) is 31.7. The summed E-state index contributed by atoms with van der Waals surface area (Å²) in [5.41, 5.74) is 0. The Hall–Kier alpha value is -3.69. The van der Waals surface area contributed by atoms with E-state index in [0.717, 1.165) is 45.3 Å². The van der Waals surface area contributed by atoms with Gasteiger partial charge in [0.05, 0.1) is 0 Å². The molecule has 0 heterocycles. The maximum atomic E-state index is 11.6. The minimum absolute atomic E-state index is 0. The minimum atomic E-state index is -2.88. The zero-order valence-electron chi connectivity index (χ0n) is 25.6. The molecule has 0 aliphatic rings. The molecular weight excluding hydrogens is 624 g/mol. The molecule has 45 heavy (non-hydrogen) atoms. The largest absolute Gasteiger partial charge is 0.421 e. The van der Waals surface area contributed by atoms with Crippen molar-refractivity contribution in [2.75, 3.05) is 14.2 Å². The Bertz CT molecular complexity index is 1280. The fraction of sp³-hybridized carbons (Fsp3) is 0.0526. The van der Waals surface area contributed by atoms with Gasteiger partial charge in [0.25, 0.3) is 16.6 Å². The maximum Gasteiger partial charge on any atom is 0.285 e. The van der Waals surface area contributed by atoms with Gasteiger partial charge in [0.15, 0.2) is 0 Å². The molecule has 0 aromatic heterocycles. The third-order valence-electron chi connectivity index (χ3n) is 7.15. The first kappa shape index (κ1) is 37.5. The van der Waals surface area contributed by atoms with Gasteiger partial charge in [0.2, 0.25) is 0 Å². The van der Waals surface area contributed by atoms with Crippen molar-refractivity contribution >= 4 is 47.8 Å². The third kappa shape index (κ3) is 9.17. The van der Waals surface area contributed by atoms with Crippen LogP contribution in [0.3, 0.4) is 0 Å². The molecule has 0 fully saturated rings. The molecule has 0 aliphatic heterocycles. The van der Waals surface area contributed by atoms with Crippen molar-refractivity contribution in [1.82, 2.24) is 0 Å². The van der Waals surface area contributed by atoms with Gasteiger partial charge in [-0.25, -0.2) is 0 Å². The molecule has 0 radical (unpaired) electrons. The summed E-state index contributed by atoms with van der Waals surface area (Å²) in [7, 11) is -3.76. The second kappa shape index (κ2) is 19.6. The summed E-state index contributed by atoms with van der Waals surface area (Å²) in [6, 6.07) is 59.9. The number of rotatable bonds is 6. The summed E-state index contributed by atoms with van der Waals surface area (Å²) in [6.45, 7) is 0. The van der Waals surface area contributed by atoms with Crippen LogP contribution in [0.2, 0.25) is 0 Å². The van der Waals surface area contributed by atoms with E-state index >= 15 is 0 Å². The van der Waals surface area contributed by atoms with E-state index in [1.807, 2.05) is 182 Å². The van der Waals surface area contributed by atoms with Crippen LogP contribution in [-0.2, 0) is 21.7 Å². The van der Waals surface area contributed by atoms with Crippen LogP contribution in [0, 0.1) is 0 Å². The van der Waals surface area contributed by atoms with E-state index in [9.17, 15) is 9.59 Å². The van der Waals surface area contributed by atoms with Gasteiger partial charge in [0, 0.05) is 35.9 Å². The molecule has 0 saturated carbocycles. The van der Waals surface area contributed by atoms with Crippen LogP contribution in [0.25, 0.3) is 0 Å². The molecule has 0 aliphatic carbocycles. The Labute approximate surface area is 284 Å². The van der Waals surface area contributed by atoms with E-state index in [2.05, 4.69) is 0 Å². The fourth-order valence-electron chi connectivity index (χ4n) is 5.08. The summed E-state index contributed by atoms with van der Waals surface area (Å²) in [5.74, 6) is 0. The van der Waals surface area contributed by atoms with Gasteiger partial charge in [-0.15, -0.1) is 0 Å². The van der Waals surface area contributed by atoms with Crippen molar-refractivity contribution in [3.63, 3.8) is 0 Å². The van der Waals surface area contributed by atoms with E-state index in [0.29, 0.717) is 0 Å². The van der Waals surface area contributed by atoms with Crippen LogP contribution in [0.15, 0.2) is 182 Å². The monoisotopic (exact) mass is 664 g/mol. The fourth-order valence-corrected chi connectivity index (χ4v) is 11.1. The molecule has 228 valence electrons. The van der Waals surface area contributed by atoms with Crippen LogP contribution in [-0.4, -0.2) is 50.7 Å². The molecule has 0 amide bonds. The Morgan fingerprint density at radius 1 is 0.267 bits per heavy atom. The second-order valence-corrected chi connectivity index (χ2v) is 15.9. The van der Waals surface area contributed by atoms with Crippen molar-refractivity contribution in [3.8, 4) is 0 Å². The number of hydrogen-bond donors (Lipinski definition) is 4. The maximum absolute atomic E-state index is 11.6. The molecule has 6 aromatic carbocycles. The second-order valence-electron chi connectivity index (χ2n) is 9.62. The van der Waals surface area contributed by atoms with Gasteiger partial charge < -0.3 is 19.8 Å². The quantitative estimate of drug-likeness (QED) is 0.163. The first-order valence-electron chi connectivity index (χ1n) is 14.3. The van der Waals surface area contributed by atoms with Gasteiger partial charge in [0.1, 0.15) is 0 Å². The number of aliphatic hydroxyl groups is 2. The van der Waals surface area contributed by atoms with Crippen LogP contribution in [0.5, 0.6) is 0 Å². The predicted molar refractivity (Wildman–Crippen MR) is 189 cm³/mol. The van der Waals surface area contributed by atoms with Crippen LogP contribution < -0.4 is 31.1 Å². The van der Waals surface area contributed by atoms with Gasteiger partial charge in [-0.1, -0.05) is 182 Å². The molecule has 0 unspecified atom stereocenters. The average Bonchev–Trinajstić information content (AvgIpc) is 3.15. The predicted octanol–water partition coefficient (Wildman–Crippen LogP) is 2.51. The summed E-state index contributed by atoms with van der Waals surface area (Å²) in [4.78, 5) is 23.1. The van der Waals surface area contributed by atoms with Gasteiger partial charge in [-0.05, 0) is 31.1 Å². The molecular formula is C38H40O4Si2Ti. The Morgan fingerprint density at radius 3 is 0.489 bits per heavy atom. The Balaban J connectivity index is 0.000000277.